The third kappa shape index (κ3) is 4.01. The van der Waals surface area contributed by atoms with Crippen molar-refractivity contribution in [2.75, 3.05) is 6.54 Å². The number of nitrogens with one attached hydrogen (secondary N) is 1. The monoisotopic (exact) mass is 274 g/mol. The smallest absolute Gasteiger partial charge is 0.119 e. The first-order chi connectivity index (χ1) is 9.33. The molecule has 0 saturated carbocycles. The number of hydrogen-bond acceptors (Lipinski definition) is 5. The molecule has 2 rings (SSSR count). The average Bonchev–Trinajstić information content (AvgIpc) is 2.47. The van der Waals surface area contributed by atoms with Gasteiger partial charge >= 0.3 is 0 Å². The van der Waals surface area contributed by atoms with Gasteiger partial charge in [-0.25, -0.2) is 4.98 Å². The zero-order valence-corrected chi connectivity index (χ0v) is 12.0. The molecule has 0 spiro atoms. The fourth-order valence-electron chi connectivity index (χ4n) is 1.82. The third-order valence-electron chi connectivity index (χ3n) is 2.74. The fourth-order valence-corrected chi connectivity index (χ4v) is 2.53. The second kappa shape index (κ2) is 7.21. The van der Waals surface area contributed by atoms with Gasteiger partial charge in [0.15, 0.2) is 0 Å². The Bertz CT molecular complexity index is 487. The van der Waals surface area contributed by atoms with Crippen LogP contribution in [0.15, 0.2) is 46.8 Å². The van der Waals surface area contributed by atoms with E-state index in [-0.39, 0.29) is 0 Å². The highest BCUT2D eigenvalue weighted by Gasteiger charge is 2.09. The Balaban J connectivity index is 2.06. The minimum atomic E-state index is 0.334. The second-order valence-electron chi connectivity index (χ2n) is 4.08. The van der Waals surface area contributed by atoms with Crippen LogP contribution in [-0.4, -0.2) is 21.5 Å². The minimum absolute atomic E-state index is 0.334. The van der Waals surface area contributed by atoms with Gasteiger partial charge in [0.05, 0.1) is 11.9 Å². The SMILES string of the molecule is CCNC(CC)c1ccc(Sc2cnccn2)cn1. The molecule has 1 atom stereocenters. The highest BCUT2D eigenvalue weighted by molar-refractivity contribution is 7.99. The first kappa shape index (κ1) is 14.0. The highest BCUT2D eigenvalue weighted by atomic mass is 32.2. The van der Waals surface area contributed by atoms with Crippen LogP contribution in [-0.2, 0) is 0 Å². The van der Waals surface area contributed by atoms with E-state index in [0.29, 0.717) is 6.04 Å². The lowest BCUT2D eigenvalue weighted by Gasteiger charge is -2.15. The van der Waals surface area contributed by atoms with Gasteiger partial charge in [-0.05, 0) is 25.1 Å². The molecule has 0 aliphatic carbocycles. The predicted octanol–water partition coefficient (Wildman–Crippen LogP) is 3.08. The maximum atomic E-state index is 4.53. The zero-order valence-electron chi connectivity index (χ0n) is 11.2. The molecule has 0 fully saturated rings. The van der Waals surface area contributed by atoms with Crippen LogP contribution in [0.25, 0.3) is 0 Å². The van der Waals surface area contributed by atoms with Crippen molar-refractivity contribution >= 4 is 11.8 Å². The van der Waals surface area contributed by atoms with Crippen LogP contribution in [0.4, 0.5) is 0 Å². The van der Waals surface area contributed by atoms with E-state index in [1.165, 1.54) is 0 Å². The van der Waals surface area contributed by atoms with Crippen molar-refractivity contribution in [3.63, 3.8) is 0 Å². The van der Waals surface area contributed by atoms with Gasteiger partial charge < -0.3 is 5.32 Å². The lowest BCUT2D eigenvalue weighted by atomic mass is 10.1. The van der Waals surface area contributed by atoms with Gasteiger partial charge in [0.25, 0.3) is 0 Å². The standard InChI is InChI=1S/C14H18N4S/c1-3-12(16-4-2)13-6-5-11(9-18-13)19-14-10-15-7-8-17-14/h5-10,12,16H,3-4H2,1-2H3. The molecule has 5 heteroatoms. The molecule has 2 aromatic heterocycles. The van der Waals surface area contributed by atoms with Gasteiger partial charge in [-0.3, -0.25) is 9.97 Å². The van der Waals surface area contributed by atoms with Crippen LogP contribution >= 0.6 is 11.8 Å². The summed E-state index contributed by atoms with van der Waals surface area (Å²) < 4.78 is 0. The molecular weight excluding hydrogens is 256 g/mol. The topological polar surface area (TPSA) is 50.7 Å². The molecule has 2 aromatic rings. The molecule has 2 heterocycles. The maximum absolute atomic E-state index is 4.53. The van der Waals surface area contributed by atoms with Gasteiger partial charge in [0, 0.05) is 29.5 Å². The summed E-state index contributed by atoms with van der Waals surface area (Å²) in [6.45, 7) is 5.23. The van der Waals surface area contributed by atoms with Crippen molar-refractivity contribution in [3.05, 3.63) is 42.6 Å². The second-order valence-corrected chi connectivity index (χ2v) is 5.18. The van der Waals surface area contributed by atoms with Crippen LogP contribution in [0, 0.1) is 0 Å². The van der Waals surface area contributed by atoms with Crippen molar-refractivity contribution in [1.82, 2.24) is 20.3 Å². The normalized spacial score (nSPS) is 12.3. The number of pyridine rings is 1. The summed E-state index contributed by atoms with van der Waals surface area (Å²) in [7, 11) is 0. The van der Waals surface area contributed by atoms with Gasteiger partial charge in [0.1, 0.15) is 5.03 Å². The maximum Gasteiger partial charge on any atom is 0.119 e. The quantitative estimate of drug-likeness (QED) is 0.877. The van der Waals surface area contributed by atoms with Crippen LogP contribution in [0.5, 0.6) is 0 Å². The van der Waals surface area contributed by atoms with Crippen LogP contribution in [0.3, 0.4) is 0 Å². The summed E-state index contributed by atoms with van der Waals surface area (Å²) >= 11 is 1.57. The van der Waals surface area contributed by atoms with E-state index in [2.05, 4.69) is 46.2 Å². The van der Waals surface area contributed by atoms with Gasteiger partial charge in [-0.15, -0.1) is 0 Å². The Morgan fingerprint density at radius 2 is 2.05 bits per heavy atom. The van der Waals surface area contributed by atoms with Crippen LogP contribution in [0.2, 0.25) is 0 Å². The molecular formula is C14H18N4S. The summed E-state index contributed by atoms with van der Waals surface area (Å²) in [5.41, 5.74) is 1.09. The highest BCUT2D eigenvalue weighted by Crippen LogP contribution is 2.25. The number of rotatable bonds is 6. The third-order valence-corrected chi connectivity index (χ3v) is 3.63. The number of nitrogens with zero attached hydrogens (tertiary/aromatic N) is 3. The number of aromatic nitrogens is 3. The molecule has 0 aromatic carbocycles. The summed E-state index contributed by atoms with van der Waals surface area (Å²) in [5.74, 6) is 0. The predicted molar refractivity (Wildman–Crippen MR) is 77.1 cm³/mol. The van der Waals surface area contributed by atoms with Crippen molar-refractivity contribution < 1.29 is 0 Å². The Morgan fingerprint density at radius 3 is 2.63 bits per heavy atom. The molecule has 0 saturated heterocycles. The van der Waals surface area contributed by atoms with Crippen LogP contribution in [0.1, 0.15) is 32.0 Å². The molecule has 4 nitrogen and oxygen atoms in total. The molecule has 100 valence electrons. The first-order valence-electron chi connectivity index (χ1n) is 6.46. The summed E-state index contributed by atoms with van der Waals surface area (Å²) in [6, 6.07) is 4.50. The molecule has 0 radical (unpaired) electrons. The van der Waals surface area contributed by atoms with E-state index in [4.69, 9.17) is 0 Å². The van der Waals surface area contributed by atoms with E-state index in [1.807, 2.05) is 6.20 Å². The summed E-state index contributed by atoms with van der Waals surface area (Å²) in [6.07, 6.45) is 8.06. The molecule has 0 aliphatic heterocycles. The molecule has 1 N–H and O–H groups in total. The Labute approximate surface area is 118 Å². The molecule has 0 amide bonds. The first-order valence-corrected chi connectivity index (χ1v) is 7.28. The minimum Gasteiger partial charge on any atom is -0.309 e. The largest absolute Gasteiger partial charge is 0.309 e. The van der Waals surface area contributed by atoms with Crippen molar-refractivity contribution in [3.8, 4) is 0 Å². The average molecular weight is 274 g/mol. The molecule has 0 bridgehead atoms. The van der Waals surface area contributed by atoms with E-state index in [1.54, 1.807) is 30.4 Å². The van der Waals surface area contributed by atoms with E-state index in [9.17, 15) is 0 Å². The summed E-state index contributed by atoms with van der Waals surface area (Å²) in [5, 5.41) is 4.31. The van der Waals surface area contributed by atoms with Crippen LogP contribution < -0.4 is 5.32 Å². The van der Waals surface area contributed by atoms with Gasteiger partial charge in [-0.1, -0.05) is 25.6 Å². The molecule has 19 heavy (non-hydrogen) atoms. The Kier molecular flexibility index (Phi) is 5.30. The van der Waals surface area contributed by atoms with Gasteiger partial charge in [0.2, 0.25) is 0 Å². The van der Waals surface area contributed by atoms with E-state index >= 15 is 0 Å². The van der Waals surface area contributed by atoms with Gasteiger partial charge in [-0.2, -0.15) is 0 Å². The van der Waals surface area contributed by atoms with E-state index in [0.717, 1.165) is 28.6 Å². The fraction of sp³-hybridized carbons (Fsp3) is 0.357. The van der Waals surface area contributed by atoms with E-state index < -0.39 is 0 Å². The van der Waals surface area contributed by atoms with Crippen molar-refractivity contribution in [2.45, 2.75) is 36.2 Å². The van der Waals surface area contributed by atoms with Crippen molar-refractivity contribution in [1.29, 1.82) is 0 Å². The molecule has 1 unspecified atom stereocenters. The summed E-state index contributed by atoms with van der Waals surface area (Å²) in [4.78, 5) is 13.9. The Morgan fingerprint density at radius 1 is 1.16 bits per heavy atom. The van der Waals surface area contributed by atoms with Crippen molar-refractivity contribution in [2.24, 2.45) is 0 Å². The zero-order chi connectivity index (χ0) is 13.5. The number of hydrogen-bond donors (Lipinski definition) is 1. The molecule has 0 aliphatic rings. The lowest BCUT2D eigenvalue weighted by Crippen LogP contribution is -2.20. The lowest BCUT2D eigenvalue weighted by molar-refractivity contribution is 0.524. The Hall–Kier alpha value is -1.46.